The van der Waals surface area contributed by atoms with Crippen LogP contribution in [0.1, 0.15) is 30.3 Å². The first kappa shape index (κ1) is 19.9. The number of halogens is 2. The van der Waals surface area contributed by atoms with Gasteiger partial charge in [0, 0.05) is 27.1 Å². The van der Waals surface area contributed by atoms with E-state index in [-0.39, 0.29) is 11.4 Å². The third-order valence-electron chi connectivity index (χ3n) is 4.67. The maximum atomic E-state index is 12.6. The Morgan fingerprint density at radius 3 is 2.52 bits per heavy atom. The van der Waals surface area contributed by atoms with E-state index in [0.29, 0.717) is 15.2 Å². The normalized spacial score (nSPS) is 17.7. The van der Waals surface area contributed by atoms with Gasteiger partial charge in [-0.25, -0.2) is 0 Å². The maximum Gasteiger partial charge on any atom is 0.283 e. The molecule has 0 bridgehead atoms. The zero-order chi connectivity index (χ0) is 20.9. The van der Waals surface area contributed by atoms with Crippen molar-refractivity contribution in [3.05, 3.63) is 56.8 Å². The molecule has 0 spiro atoms. The van der Waals surface area contributed by atoms with Crippen LogP contribution in [0.15, 0.2) is 39.9 Å². The quantitative estimate of drug-likeness (QED) is 0.639. The molecule has 29 heavy (non-hydrogen) atoms. The number of hydrazone groups is 1. The number of aryl methyl sites for hydroxylation is 1. The Bertz CT molecular complexity index is 1140. The summed E-state index contributed by atoms with van der Waals surface area (Å²) in [4.78, 5) is 16.7. The molecule has 0 unspecified atom stereocenters. The minimum atomic E-state index is -0.433. The number of aromatic nitrogens is 1. The highest BCUT2D eigenvalue weighted by Crippen LogP contribution is 2.31. The van der Waals surface area contributed by atoms with Crippen LogP contribution in [0.25, 0.3) is 11.8 Å². The van der Waals surface area contributed by atoms with Crippen molar-refractivity contribution < 1.29 is 4.79 Å². The van der Waals surface area contributed by atoms with E-state index in [1.54, 1.807) is 12.1 Å². The molecular formula is C20H17Cl2N5OS. The van der Waals surface area contributed by atoms with Crippen LogP contribution >= 0.6 is 35.0 Å². The number of nitrogens with one attached hydrogen (secondary N) is 1. The molecule has 0 atom stereocenters. The Balaban J connectivity index is 1.77. The lowest BCUT2D eigenvalue weighted by atomic mass is 10.1. The Hall–Kier alpha value is -2.35. The fourth-order valence-electron chi connectivity index (χ4n) is 3.33. The number of hydrogen-bond donors (Lipinski definition) is 1. The van der Waals surface area contributed by atoms with Crippen molar-refractivity contribution in [3.8, 4) is 5.69 Å². The van der Waals surface area contributed by atoms with Crippen molar-refractivity contribution in [2.24, 2.45) is 10.1 Å². The second-order valence-corrected chi connectivity index (χ2v) is 8.57. The minimum Gasteiger partial charge on any atom is -0.318 e. The molecule has 3 heterocycles. The van der Waals surface area contributed by atoms with E-state index in [1.165, 1.54) is 16.8 Å². The van der Waals surface area contributed by atoms with Crippen LogP contribution < -0.4 is 0 Å². The Labute approximate surface area is 182 Å². The fraction of sp³-hybridized carbons (Fsp3) is 0.200. The Morgan fingerprint density at radius 2 is 1.86 bits per heavy atom. The number of nitrogens with zero attached hydrogens (tertiary/aromatic N) is 4. The SMILES string of the molecule is CCC1=NN2C(=N)C(=Cc3cc(C)n(-c4cc(Cl)cc(Cl)c4)c3C)C(=O)N=C2S1. The smallest absolute Gasteiger partial charge is 0.283 e. The largest absolute Gasteiger partial charge is 0.318 e. The van der Waals surface area contributed by atoms with Gasteiger partial charge in [-0.15, -0.1) is 0 Å². The molecule has 4 rings (SSSR count). The van der Waals surface area contributed by atoms with Gasteiger partial charge in [-0.3, -0.25) is 10.2 Å². The van der Waals surface area contributed by atoms with Crippen molar-refractivity contribution in [3.63, 3.8) is 0 Å². The van der Waals surface area contributed by atoms with Crippen LogP contribution in [0.5, 0.6) is 0 Å². The highest BCUT2D eigenvalue weighted by molar-refractivity contribution is 8.26. The first-order valence-electron chi connectivity index (χ1n) is 8.93. The third kappa shape index (κ3) is 3.54. The summed E-state index contributed by atoms with van der Waals surface area (Å²) in [6.45, 7) is 5.88. The zero-order valence-corrected chi connectivity index (χ0v) is 18.3. The predicted molar refractivity (Wildman–Crippen MR) is 121 cm³/mol. The van der Waals surface area contributed by atoms with E-state index < -0.39 is 5.91 Å². The lowest BCUT2D eigenvalue weighted by Gasteiger charge is -2.20. The van der Waals surface area contributed by atoms with Crippen LogP contribution in [-0.2, 0) is 4.79 Å². The number of aliphatic imine (C=N–C) groups is 1. The van der Waals surface area contributed by atoms with E-state index in [1.807, 2.05) is 43.5 Å². The van der Waals surface area contributed by atoms with Gasteiger partial charge in [0.15, 0.2) is 5.84 Å². The molecular weight excluding hydrogens is 429 g/mol. The van der Waals surface area contributed by atoms with Gasteiger partial charge in [0.05, 0.1) is 5.57 Å². The molecule has 0 saturated heterocycles. The number of rotatable bonds is 3. The number of hydrogen-bond acceptors (Lipinski definition) is 4. The summed E-state index contributed by atoms with van der Waals surface area (Å²) in [6, 6.07) is 7.30. The number of amidine groups is 2. The molecule has 9 heteroatoms. The molecule has 1 aromatic heterocycles. The number of carbonyl (C=O) groups is 1. The van der Waals surface area contributed by atoms with Crippen molar-refractivity contribution in [2.75, 3.05) is 0 Å². The van der Waals surface area contributed by atoms with Crippen molar-refractivity contribution in [1.29, 1.82) is 5.41 Å². The molecule has 2 aliphatic heterocycles. The molecule has 148 valence electrons. The summed E-state index contributed by atoms with van der Waals surface area (Å²) >= 11 is 13.7. The highest BCUT2D eigenvalue weighted by atomic mass is 35.5. The van der Waals surface area contributed by atoms with Gasteiger partial charge in [0.2, 0.25) is 5.17 Å². The van der Waals surface area contributed by atoms with Gasteiger partial charge in [0.25, 0.3) is 5.91 Å². The molecule has 0 radical (unpaired) electrons. The average Bonchev–Trinajstić information content (AvgIpc) is 3.18. The summed E-state index contributed by atoms with van der Waals surface area (Å²) in [5.74, 6) is -0.400. The number of amides is 1. The fourth-order valence-corrected chi connectivity index (χ4v) is 4.67. The van der Waals surface area contributed by atoms with Gasteiger partial charge >= 0.3 is 0 Å². The molecule has 1 amide bonds. The Morgan fingerprint density at radius 1 is 1.17 bits per heavy atom. The third-order valence-corrected chi connectivity index (χ3v) is 6.16. The van der Waals surface area contributed by atoms with Gasteiger partial charge in [-0.1, -0.05) is 30.1 Å². The van der Waals surface area contributed by atoms with Gasteiger partial charge in [-0.2, -0.15) is 15.1 Å². The molecule has 6 nitrogen and oxygen atoms in total. The van der Waals surface area contributed by atoms with Crippen molar-refractivity contribution in [2.45, 2.75) is 27.2 Å². The second kappa shape index (κ2) is 7.48. The predicted octanol–water partition coefficient (Wildman–Crippen LogP) is 5.43. The standard InChI is InChI=1S/C20H17Cl2N5OS/c1-4-17-25-27-18(23)16(19(28)24-20(27)29-17)6-12-5-10(2)26(11(12)3)15-8-13(21)7-14(22)9-15/h5-9,23H,4H2,1-3H3. The summed E-state index contributed by atoms with van der Waals surface area (Å²) in [6.07, 6.45) is 2.42. The molecule has 0 fully saturated rings. The van der Waals surface area contributed by atoms with Crippen molar-refractivity contribution >= 4 is 63.0 Å². The van der Waals surface area contributed by atoms with Gasteiger partial charge in [-0.05, 0) is 67.9 Å². The van der Waals surface area contributed by atoms with Crippen LogP contribution in [0.3, 0.4) is 0 Å². The molecule has 0 aliphatic carbocycles. The van der Waals surface area contributed by atoms with E-state index >= 15 is 0 Å². The number of benzene rings is 1. The zero-order valence-electron chi connectivity index (χ0n) is 16.0. The molecule has 2 aromatic rings. The minimum absolute atomic E-state index is 0.0338. The lowest BCUT2D eigenvalue weighted by molar-refractivity contribution is -0.114. The van der Waals surface area contributed by atoms with E-state index in [9.17, 15) is 4.79 Å². The number of fused-ring (bicyclic) bond motifs is 1. The van der Waals surface area contributed by atoms with E-state index in [4.69, 9.17) is 28.6 Å². The number of carbonyl (C=O) groups excluding carboxylic acids is 1. The van der Waals surface area contributed by atoms with E-state index in [0.717, 1.165) is 34.1 Å². The number of thioether (sulfide) groups is 1. The molecule has 1 N–H and O–H groups in total. The van der Waals surface area contributed by atoms with Gasteiger partial charge in [0.1, 0.15) is 5.04 Å². The average molecular weight is 446 g/mol. The lowest BCUT2D eigenvalue weighted by Crippen LogP contribution is -2.35. The van der Waals surface area contributed by atoms with Crippen LogP contribution in [0.2, 0.25) is 10.0 Å². The highest BCUT2D eigenvalue weighted by Gasteiger charge is 2.35. The molecule has 0 saturated carbocycles. The maximum absolute atomic E-state index is 12.6. The summed E-state index contributed by atoms with van der Waals surface area (Å²) in [7, 11) is 0. The monoisotopic (exact) mass is 445 g/mol. The first-order chi connectivity index (χ1) is 13.8. The second-order valence-electron chi connectivity index (χ2n) is 6.66. The summed E-state index contributed by atoms with van der Waals surface area (Å²) in [5, 5.41) is 16.6. The summed E-state index contributed by atoms with van der Waals surface area (Å²) in [5.41, 5.74) is 3.71. The molecule has 2 aliphatic rings. The van der Waals surface area contributed by atoms with Crippen LogP contribution in [0, 0.1) is 19.3 Å². The van der Waals surface area contributed by atoms with Crippen LogP contribution in [0.4, 0.5) is 0 Å². The molecule has 1 aromatic carbocycles. The van der Waals surface area contributed by atoms with Crippen LogP contribution in [-0.4, -0.2) is 31.5 Å². The topological polar surface area (TPSA) is 73.8 Å². The van der Waals surface area contributed by atoms with Crippen molar-refractivity contribution in [1.82, 2.24) is 9.58 Å². The van der Waals surface area contributed by atoms with Gasteiger partial charge < -0.3 is 4.57 Å². The Kier molecular flexibility index (Phi) is 5.14. The summed E-state index contributed by atoms with van der Waals surface area (Å²) < 4.78 is 2.01. The van der Waals surface area contributed by atoms with E-state index in [2.05, 4.69) is 10.1 Å². The first-order valence-corrected chi connectivity index (χ1v) is 10.5.